The first-order valence-corrected chi connectivity index (χ1v) is 10.6. The number of alkyl halides is 2. The van der Waals surface area contributed by atoms with E-state index in [0.29, 0.717) is 0 Å². The molecule has 0 amide bonds. The van der Waals surface area contributed by atoms with Gasteiger partial charge in [0.1, 0.15) is 5.76 Å². The fourth-order valence-corrected chi connectivity index (χ4v) is 6.50. The zero-order valence-corrected chi connectivity index (χ0v) is 18.6. The molecule has 0 aromatic rings. The Morgan fingerprint density at radius 2 is 2.00 bits per heavy atom. The molecular formula is C24H26F2O7. The van der Waals surface area contributed by atoms with Crippen LogP contribution in [0, 0.1) is 22.7 Å². The van der Waals surface area contributed by atoms with E-state index >= 15 is 4.39 Å². The first-order chi connectivity index (χ1) is 15.3. The molecule has 7 nitrogen and oxygen atoms in total. The first-order valence-electron chi connectivity index (χ1n) is 10.6. The largest absolute Gasteiger partial charge is 0.431 e. The quantitative estimate of drug-likeness (QED) is 0.488. The van der Waals surface area contributed by atoms with Gasteiger partial charge in [-0.15, -0.1) is 0 Å². The predicted molar refractivity (Wildman–Crippen MR) is 111 cm³/mol. The zero-order chi connectivity index (χ0) is 24.6. The van der Waals surface area contributed by atoms with E-state index in [-0.39, 0.29) is 29.7 Å². The van der Waals surface area contributed by atoms with Crippen molar-refractivity contribution in [2.24, 2.45) is 22.7 Å². The average molecular weight is 464 g/mol. The van der Waals surface area contributed by atoms with Crippen LogP contribution >= 0.6 is 0 Å². The summed E-state index contributed by atoms with van der Waals surface area (Å²) < 4.78 is 39.8. The lowest BCUT2D eigenvalue weighted by Crippen LogP contribution is -2.68. The Labute approximate surface area is 189 Å². The van der Waals surface area contributed by atoms with Gasteiger partial charge in [0.25, 0.3) is 0 Å². The Morgan fingerprint density at radius 1 is 1.33 bits per heavy atom. The number of aliphatic hydroxyl groups excluding tert-OH is 1. The van der Waals surface area contributed by atoms with Gasteiger partial charge in [-0.3, -0.25) is 9.59 Å². The molecule has 7 atom stereocenters. The number of ketones is 1. The molecule has 0 bridgehead atoms. The van der Waals surface area contributed by atoms with Crippen molar-refractivity contribution >= 4 is 17.7 Å². The third kappa shape index (κ3) is 2.75. The molecule has 0 radical (unpaired) electrons. The summed E-state index contributed by atoms with van der Waals surface area (Å²) in [5.41, 5.74) is -7.59. The molecule has 0 spiro atoms. The molecule has 9 heteroatoms. The Morgan fingerprint density at radius 3 is 2.61 bits per heavy atom. The predicted octanol–water partition coefficient (Wildman–Crippen LogP) is 2.39. The minimum absolute atomic E-state index is 0.0148. The van der Waals surface area contributed by atoms with E-state index < -0.39 is 64.6 Å². The number of aliphatic hydroxyl groups is 2. The van der Waals surface area contributed by atoms with E-state index in [2.05, 4.69) is 11.3 Å². The van der Waals surface area contributed by atoms with E-state index in [1.165, 1.54) is 45.1 Å². The highest BCUT2D eigenvalue weighted by atomic mass is 19.1. The topological polar surface area (TPSA) is 110 Å². The maximum atomic E-state index is 17.2. The molecule has 2 fully saturated rings. The number of esters is 2. The Bertz CT molecular complexity index is 1060. The van der Waals surface area contributed by atoms with Gasteiger partial charge in [0.15, 0.2) is 17.1 Å². The molecule has 2 N–H and O–H groups in total. The zero-order valence-electron chi connectivity index (χ0n) is 18.6. The highest BCUT2D eigenvalue weighted by molar-refractivity contribution is 6.02. The van der Waals surface area contributed by atoms with Crippen LogP contribution in [-0.2, 0) is 23.9 Å². The smallest absolute Gasteiger partial charge is 0.345 e. The van der Waals surface area contributed by atoms with Gasteiger partial charge in [-0.2, -0.15) is 0 Å². The lowest BCUT2D eigenvalue weighted by atomic mass is 9.46. The van der Waals surface area contributed by atoms with Crippen LogP contribution in [-0.4, -0.2) is 52.2 Å². The number of carbonyl (C=O) groups excluding carboxylic acids is 3. The molecule has 178 valence electrons. The third-order valence-corrected chi connectivity index (χ3v) is 8.20. The van der Waals surface area contributed by atoms with Crippen molar-refractivity contribution in [2.45, 2.75) is 51.0 Å². The molecule has 33 heavy (non-hydrogen) atoms. The fourth-order valence-electron chi connectivity index (χ4n) is 6.50. The molecule has 4 aliphatic carbocycles. The number of rotatable bonds is 3. The summed E-state index contributed by atoms with van der Waals surface area (Å²) in [6, 6.07) is 0. The minimum Gasteiger partial charge on any atom is -0.431 e. The summed E-state index contributed by atoms with van der Waals surface area (Å²) in [5, 5.41) is 22.6. The van der Waals surface area contributed by atoms with Crippen LogP contribution < -0.4 is 0 Å². The summed E-state index contributed by atoms with van der Waals surface area (Å²) in [7, 11) is 0. The van der Waals surface area contributed by atoms with Crippen LogP contribution in [0.2, 0.25) is 0 Å². The highest BCUT2D eigenvalue weighted by Crippen LogP contribution is 2.70. The van der Waals surface area contributed by atoms with Crippen molar-refractivity contribution in [1.82, 2.24) is 0 Å². The minimum atomic E-state index is -2.38. The van der Waals surface area contributed by atoms with E-state index in [4.69, 9.17) is 4.74 Å². The number of allylic oxidation sites excluding steroid dienone is 5. The first kappa shape index (κ1) is 23.5. The van der Waals surface area contributed by atoms with Gasteiger partial charge in [0.2, 0.25) is 6.86 Å². The number of ether oxygens (including phenoxy) is 2. The second-order valence-corrected chi connectivity index (χ2v) is 9.72. The fraction of sp³-hybridized carbons (Fsp3) is 0.542. The van der Waals surface area contributed by atoms with Crippen LogP contribution in [0.5, 0.6) is 0 Å². The number of halogens is 2. The molecule has 0 saturated heterocycles. The van der Waals surface area contributed by atoms with E-state index in [0.717, 1.165) is 0 Å². The molecule has 0 aliphatic heterocycles. The SMILES string of the molecule is C=C1C[C@H]2[C@@H]3C=C(OC(C)=O)C4=CC(=O)C=C[C@]4(C)[C@@]3(F)[C@H](O)C[C@]2(C)[C@@]1(O)C(=O)OCF. The lowest BCUT2D eigenvalue weighted by molar-refractivity contribution is -0.212. The summed E-state index contributed by atoms with van der Waals surface area (Å²) in [5.74, 6) is -4.32. The second-order valence-electron chi connectivity index (χ2n) is 9.72. The van der Waals surface area contributed by atoms with Crippen LogP contribution in [0.25, 0.3) is 0 Å². The van der Waals surface area contributed by atoms with Crippen LogP contribution in [0.1, 0.15) is 33.6 Å². The summed E-state index contributed by atoms with van der Waals surface area (Å²) >= 11 is 0. The normalized spacial score (nSPS) is 43.7. The van der Waals surface area contributed by atoms with Crippen molar-refractivity contribution in [1.29, 1.82) is 0 Å². The maximum absolute atomic E-state index is 17.2. The van der Waals surface area contributed by atoms with Crippen molar-refractivity contribution < 1.29 is 42.9 Å². The second kappa shape index (κ2) is 7.17. The molecule has 0 aromatic heterocycles. The molecule has 4 rings (SSSR count). The molecule has 0 unspecified atom stereocenters. The summed E-state index contributed by atoms with van der Waals surface area (Å²) in [6.07, 6.45) is 2.99. The van der Waals surface area contributed by atoms with Gasteiger partial charge in [-0.1, -0.05) is 19.6 Å². The lowest BCUT2D eigenvalue weighted by Gasteiger charge is -2.60. The maximum Gasteiger partial charge on any atom is 0.345 e. The van der Waals surface area contributed by atoms with Crippen molar-refractivity contribution in [3.8, 4) is 0 Å². The third-order valence-electron chi connectivity index (χ3n) is 8.20. The molecule has 0 heterocycles. The van der Waals surface area contributed by atoms with Crippen LogP contribution in [0.15, 0.2) is 47.8 Å². The van der Waals surface area contributed by atoms with Crippen LogP contribution in [0.4, 0.5) is 8.78 Å². The van der Waals surface area contributed by atoms with Crippen molar-refractivity contribution in [3.63, 3.8) is 0 Å². The van der Waals surface area contributed by atoms with Crippen molar-refractivity contribution in [2.75, 3.05) is 6.86 Å². The number of hydrogen-bond donors (Lipinski definition) is 2. The Hall–Kier alpha value is -2.65. The molecular weight excluding hydrogens is 438 g/mol. The van der Waals surface area contributed by atoms with Gasteiger partial charge >= 0.3 is 11.9 Å². The van der Waals surface area contributed by atoms with E-state index in [1.54, 1.807) is 0 Å². The Balaban J connectivity index is 1.94. The molecule has 2 saturated carbocycles. The van der Waals surface area contributed by atoms with Gasteiger partial charge in [-0.25, -0.2) is 13.6 Å². The van der Waals surface area contributed by atoms with Gasteiger partial charge in [0, 0.05) is 23.8 Å². The number of carbonyl (C=O) groups is 3. The van der Waals surface area contributed by atoms with Gasteiger partial charge in [-0.05, 0) is 49.5 Å². The highest BCUT2D eigenvalue weighted by Gasteiger charge is 2.76. The molecule has 4 aliphatic rings. The number of hydrogen-bond acceptors (Lipinski definition) is 7. The monoisotopic (exact) mass is 464 g/mol. The molecule has 0 aromatic carbocycles. The van der Waals surface area contributed by atoms with E-state index in [9.17, 15) is 29.0 Å². The summed E-state index contributed by atoms with van der Waals surface area (Å²) in [6.45, 7) is 6.50. The van der Waals surface area contributed by atoms with Crippen LogP contribution in [0.3, 0.4) is 0 Å². The number of fused-ring (bicyclic) bond motifs is 5. The van der Waals surface area contributed by atoms with Gasteiger partial charge < -0.3 is 19.7 Å². The Kier molecular flexibility index (Phi) is 5.11. The van der Waals surface area contributed by atoms with Crippen molar-refractivity contribution in [3.05, 3.63) is 47.8 Å². The van der Waals surface area contributed by atoms with Gasteiger partial charge in [0.05, 0.1) is 11.5 Å². The standard InChI is InChI=1S/C24H26F2O7/c1-12-7-15-16-9-18(33-13(2)27)17-8-14(28)5-6-21(17,3)23(16,26)19(29)10-22(15,4)24(12,31)20(30)32-11-25/h5-6,8-9,15-16,19,29,31H,1,7,10-11H2,2-4H3/t15-,16-,19+,21-,22-,23-,24-/m0/s1. The van der Waals surface area contributed by atoms with E-state index in [1.807, 2.05) is 0 Å². The summed E-state index contributed by atoms with van der Waals surface area (Å²) in [4.78, 5) is 36.5. The average Bonchev–Trinajstić information content (AvgIpc) is 2.93.